The lowest BCUT2D eigenvalue weighted by atomic mass is 10.0. The van der Waals surface area contributed by atoms with Crippen LogP contribution in [-0.2, 0) is 13.5 Å². The topological polar surface area (TPSA) is 69.6 Å². The molecule has 17 heavy (non-hydrogen) atoms. The van der Waals surface area contributed by atoms with Crippen molar-refractivity contribution in [2.24, 2.45) is 12.8 Å². The largest absolute Gasteiger partial charge is 0.324 e. The molecule has 0 aliphatic rings. The minimum Gasteiger partial charge on any atom is -0.324 e. The van der Waals surface area contributed by atoms with E-state index in [2.05, 4.69) is 37.4 Å². The number of tetrazole rings is 1. The lowest BCUT2D eigenvalue weighted by Gasteiger charge is -2.11. The Morgan fingerprint density at radius 3 is 2.82 bits per heavy atom. The summed E-state index contributed by atoms with van der Waals surface area (Å²) in [7, 11) is 1.74. The summed E-state index contributed by atoms with van der Waals surface area (Å²) in [6.07, 6.45) is 0.592. The lowest BCUT2D eigenvalue weighted by molar-refractivity contribution is 0.622. The maximum absolute atomic E-state index is 6.12. The Bertz CT molecular complexity index is 522. The first kappa shape index (κ1) is 12.2. The van der Waals surface area contributed by atoms with Crippen LogP contribution in [0.25, 0.3) is 0 Å². The Labute approximate surface area is 108 Å². The van der Waals surface area contributed by atoms with E-state index >= 15 is 0 Å². The molecule has 0 aliphatic heterocycles. The number of hydrogen-bond acceptors (Lipinski definition) is 4. The molecular weight excluding hydrogens is 282 g/mol. The first-order valence-corrected chi connectivity index (χ1v) is 6.10. The van der Waals surface area contributed by atoms with Gasteiger partial charge in [0.15, 0.2) is 5.82 Å². The van der Waals surface area contributed by atoms with Crippen LogP contribution in [0.15, 0.2) is 22.7 Å². The van der Waals surface area contributed by atoms with Crippen LogP contribution in [0.5, 0.6) is 0 Å². The van der Waals surface area contributed by atoms with E-state index in [9.17, 15) is 0 Å². The molecule has 2 N–H and O–H groups in total. The zero-order valence-electron chi connectivity index (χ0n) is 9.76. The summed E-state index contributed by atoms with van der Waals surface area (Å²) < 4.78 is 1.09. The third kappa shape index (κ3) is 2.89. The van der Waals surface area contributed by atoms with Crippen LogP contribution in [-0.4, -0.2) is 20.2 Å². The van der Waals surface area contributed by atoms with Gasteiger partial charge in [-0.3, -0.25) is 0 Å². The summed E-state index contributed by atoms with van der Waals surface area (Å²) in [4.78, 5) is 1.44. The van der Waals surface area contributed by atoms with Gasteiger partial charge >= 0.3 is 0 Å². The van der Waals surface area contributed by atoms with Crippen molar-refractivity contribution in [2.45, 2.75) is 19.4 Å². The smallest absolute Gasteiger partial charge is 0.176 e. The number of aryl methyl sites for hydroxylation is 2. The number of nitrogens with two attached hydrogens (primary N) is 1. The van der Waals surface area contributed by atoms with Gasteiger partial charge in [0.1, 0.15) is 0 Å². The third-order valence-corrected chi connectivity index (χ3v) is 3.45. The molecule has 2 rings (SSSR count). The van der Waals surface area contributed by atoms with E-state index in [1.807, 2.05) is 19.1 Å². The Morgan fingerprint density at radius 1 is 1.47 bits per heavy atom. The highest BCUT2D eigenvalue weighted by Crippen LogP contribution is 2.21. The molecule has 0 fully saturated rings. The minimum absolute atomic E-state index is 0.106. The first-order chi connectivity index (χ1) is 8.06. The molecule has 0 aliphatic carbocycles. The zero-order valence-corrected chi connectivity index (χ0v) is 11.3. The van der Waals surface area contributed by atoms with E-state index < -0.39 is 0 Å². The molecular formula is C11H14BrN5. The zero-order chi connectivity index (χ0) is 12.4. The van der Waals surface area contributed by atoms with Crippen LogP contribution < -0.4 is 5.73 Å². The number of rotatable bonds is 3. The summed E-state index contributed by atoms with van der Waals surface area (Å²) >= 11 is 3.47. The predicted octanol–water partition coefficient (Wildman–Crippen LogP) is 1.52. The van der Waals surface area contributed by atoms with Crippen molar-refractivity contribution in [3.8, 4) is 0 Å². The van der Waals surface area contributed by atoms with Crippen LogP contribution in [0.3, 0.4) is 0 Å². The fourth-order valence-electron chi connectivity index (χ4n) is 1.62. The molecule has 0 bridgehead atoms. The first-order valence-electron chi connectivity index (χ1n) is 5.31. The second-order valence-electron chi connectivity index (χ2n) is 4.01. The summed E-state index contributed by atoms with van der Waals surface area (Å²) in [6.45, 7) is 2.04. The average Bonchev–Trinajstić information content (AvgIpc) is 2.68. The molecule has 5 nitrogen and oxygen atoms in total. The van der Waals surface area contributed by atoms with E-state index in [0.29, 0.717) is 12.2 Å². The molecule has 1 unspecified atom stereocenters. The molecule has 0 saturated heterocycles. The van der Waals surface area contributed by atoms with Crippen molar-refractivity contribution in [2.75, 3.05) is 0 Å². The Hall–Kier alpha value is -1.27. The highest BCUT2D eigenvalue weighted by atomic mass is 79.9. The molecule has 90 valence electrons. The van der Waals surface area contributed by atoms with Gasteiger partial charge in [0.05, 0.1) is 7.05 Å². The number of benzene rings is 1. The van der Waals surface area contributed by atoms with E-state index in [1.54, 1.807) is 7.05 Å². The monoisotopic (exact) mass is 295 g/mol. The lowest BCUT2D eigenvalue weighted by Crippen LogP contribution is -2.14. The van der Waals surface area contributed by atoms with Gasteiger partial charge in [-0.2, -0.15) is 4.80 Å². The fourth-order valence-corrected chi connectivity index (χ4v) is 1.86. The Morgan fingerprint density at radius 2 is 2.24 bits per heavy atom. The third-order valence-electron chi connectivity index (χ3n) is 2.56. The van der Waals surface area contributed by atoms with Crippen molar-refractivity contribution in [3.05, 3.63) is 39.6 Å². The highest BCUT2D eigenvalue weighted by Gasteiger charge is 2.11. The maximum Gasteiger partial charge on any atom is 0.176 e. The summed E-state index contributed by atoms with van der Waals surface area (Å²) in [6, 6.07) is 5.99. The molecule has 0 radical (unpaired) electrons. The SMILES string of the molecule is Cc1cc(C(N)Cc2nnn(C)n2)ccc1Br. The van der Waals surface area contributed by atoms with Crippen molar-refractivity contribution in [3.63, 3.8) is 0 Å². The second kappa shape index (κ2) is 4.93. The molecule has 1 heterocycles. The van der Waals surface area contributed by atoms with Crippen molar-refractivity contribution < 1.29 is 0 Å². The van der Waals surface area contributed by atoms with Crippen LogP contribution in [0, 0.1) is 6.92 Å². The molecule has 6 heteroatoms. The maximum atomic E-state index is 6.12. The molecule has 0 spiro atoms. The number of nitrogens with zero attached hydrogens (tertiary/aromatic N) is 4. The fraction of sp³-hybridized carbons (Fsp3) is 0.364. The molecule has 0 amide bonds. The number of hydrogen-bond donors (Lipinski definition) is 1. The van der Waals surface area contributed by atoms with Gasteiger partial charge in [-0.1, -0.05) is 28.1 Å². The molecule has 2 aromatic rings. The normalized spacial score (nSPS) is 12.7. The van der Waals surface area contributed by atoms with Gasteiger partial charge in [-0.25, -0.2) is 0 Å². The average molecular weight is 296 g/mol. The van der Waals surface area contributed by atoms with Gasteiger partial charge < -0.3 is 5.73 Å². The quantitative estimate of drug-likeness (QED) is 0.932. The van der Waals surface area contributed by atoms with Gasteiger partial charge in [-0.15, -0.1) is 10.2 Å². The summed E-state index contributed by atoms with van der Waals surface area (Å²) in [5.74, 6) is 0.667. The van der Waals surface area contributed by atoms with Crippen LogP contribution in [0.4, 0.5) is 0 Å². The predicted molar refractivity (Wildman–Crippen MR) is 68.3 cm³/mol. The van der Waals surface area contributed by atoms with E-state index in [1.165, 1.54) is 10.4 Å². The summed E-state index contributed by atoms with van der Waals surface area (Å²) in [5.41, 5.74) is 8.38. The highest BCUT2D eigenvalue weighted by molar-refractivity contribution is 9.10. The molecule has 1 aromatic carbocycles. The molecule has 0 saturated carbocycles. The standard InChI is InChI=1S/C11H14BrN5/c1-7-5-8(3-4-9(7)12)10(13)6-11-14-16-17(2)15-11/h3-5,10H,6,13H2,1-2H3. The van der Waals surface area contributed by atoms with Gasteiger partial charge in [0.2, 0.25) is 0 Å². The van der Waals surface area contributed by atoms with Crippen molar-refractivity contribution in [1.82, 2.24) is 20.2 Å². The van der Waals surface area contributed by atoms with Crippen LogP contribution in [0.2, 0.25) is 0 Å². The van der Waals surface area contributed by atoms with Crippen LogP contribution >= 0.6 is 15.9 Å². The van der Waals surface area contributed by atoms with Gasteiger partial charge in [0, 0.05) is 16.9 Å². The van der Waals surface area contributed by atoms with Crippen molar-refractivity contribution >= 4 is 15.9 Å². The van der Waals surface area contributed by atoms with Gasteiger partial charge in [-0.05, 0) is 29.3 Å². The second-order valence-corrected chi connectivity index (χ2v) is 4.87. The van der Waals surface area contributed by atoms with E-state index in [0.717, 1.165) is 10.0 Å². The number of halogens is 1. The Kier molecular flexibility index (Phi) is 3.54. The number of aromatic nitrogens is 4. The minimum atomic E-state index is -0.106. The molecule has 1 aromatic heterocycles. The van der Waals surface area contributed by atoms with Crippen LogP contribution in [0.1, 0.15) is 23.0 Å². The Balaban J connectivity index is 2.14. The molecule has 1 atom stereocenters. The summed E-state index contributed by atoms with van der Waals surface area (Å²) in [5, 5.41) is 11.8. The van der Waals surface area contributed by atoms with Crippen molar-refractivity contribution in [1.29, 1.82) is 0 Å². The van der Waals surface area contributed by atoms with Gasteiger partial charge in [0.25, 0.3) is 0 Å². The van der Waals surface area contributed by atoms with E-state index in [4.69, 9.17) is 5.73 Å². The van der Waals surface area contributed by atoms with E-state index in [-0.39, 0.29) is 6.04 Å².